The first-order chi connectivity index (χ1) is 25.0. The fourth-order valence-corrected chi connectivity index (χ4v) is 7.23. The number of anilines is 1. The Hall–Kier alpha value is -4.50. The van der Waals surface area contributed by atoms with E-state index in [1.807, 2.05) is 55.5 Å². The Morgan fingerprint density at radius 3 is 2.30 bits per heavy atom. The van der Waals surface area contributed by atoms with E-state index in [1.54, 1.807) is 7.11 Å². The Kier molecular flexibility index (Phi) is 10.6. The fourth-order valence-electron chi connectivity index (χ4n) is 6.90. The van der Waals surface area contributed by atoms with Crippen molar-refractivity contribution in [2.24, 2.45) is 0 Å². The lowest BCUT2D eigenvalue weighted by atomic mass is 9.77. The summed E-state index contributed by atoms with van der Waals surface area (Å²) >= 11 is 7.10. The highest BCUT2D eigenvalue weighted by Gasteiger charge is 2.40. The third kappa shape index (κ3) is 8.05. The number of aliphatic hydroxyl groups is 1. The molecule has 53 heavy (non-hydrogen) atoms. The zero-order chi connectivity index (χ0) is 38.3. The predicted molar refractivity (Wildman–Crippen MR) is 194 cm³/mol. The molecule has 0 amide bonds. The monoisotopic (exact) mass is 754 g/mol. The average molecular weight is 755 g/mol. The Morgan fingerprint density at radius 1 is 0.962 bits per heavy atom. The number of carboxylic acids is 1. The summed E-state index contributed by atoms with van der Waals surface area (Å²) in [4.78, 5) is 24.3. The summed E-state index contributed by atoms with van der Waals surface area (Å²) in [6.07, 6.45) is -2.45. The number of hydrogen-bond acceptors (Lipinski definition) is 10. The SMILES string of the molecule is COc1nc(-c2cccc(-c3cccc4c3CC[C@@H]4Nc3nc(OC)c(CNC(C)(C)C(=O)O)nc3C(F)(F)F)c2Cl)ccc1CN[C@H]1C[C@](C)(O)C1. The molecule has 2 aromatic heterocycles. The number of aliphatic carboxylic acids is 1. The second kappa shape index (κ2) is 14.7. The summed E-state index contributed by atoms with van der Waals surface area (Å²) in [5.41, 5.74) is 2.07. The van der Waals surface area contributed by atoms with Gasteiger partial charge in [-0.15, -0.1) is 0 Å². The van der Waals surface area contributed by atoms with Gasteiger partial charge in [0.25, 0.3) is 0 Å². The van der Waals surface area contributed by atoms with Gasteiger partial charge >= 0.3 is 12.1 Å². The molecule has 2 aromatic carbocycles. The van der Waals surface area contributed by atoms with E-state index >= 15 is 0 Å². The number of fused-ring (bicyclic) bond motifs is 1. The summed E-state index contributed by atoms with van der Waals surface area (Å²) in [6.45, 7) is 4.82. The van der Waals surface area contributed by atoms with Crippen LogP contribution in [0.4, 0.5) is 19.0 Å². The number of ether oxygens (including phenoxy) is 2. The molecule has 1 saturated carbocycles. The number of benzene rings is 2. The van der Waals surface area contributed by atoms with Crippen molar-refractivity contribution in [3.05, 3.63) is 81.6 Å². The molecule has 0 spiro atoms. The molecule has 2 heterocycles. The molecule has 0 aliphatic heterocycles. The second-order valence-electron chi connectivity index (χ2n) is 14.3. The Labute approximate surface area is 310 Å². The van der Waals surface area contributed by atoms with Crippen molar-refractivity contribution in [1.82, 2.24) is 25.6 Å². The molecule has 6 rings (SSSR count). The van der Waals surface area contributed by atoms with Crippen LogP contribution < -0.4 is 25.4 Å². The molecule has 1 fully saturated rings. The van der Waals surface area contributed by atoms with Crippen molar-refractivity contribution in [2.45, 2.75) is 88.9 Å². The number of carbonyl (C=O) groups is 1. The largest absolute Gasteiger partial charge is 0.481 e. The summed E-state index contributed by atoms with van der Waals surface area (Å²) in [7, 11) is 2.83. The van der Waals surface area contributed by atoms with Crippen LogP contribution in [0.3, 0.4) is 0 Å². The minimum atomic E-state index is -4.86. The van der Waals surface area contributed by atoms with Crippen molar-refractivity contribution < 1.29 is 37.7 Å². The lowest BCUT2D eigenvalue weighted by Gasteiger charge is -2.41. The molecule has 11 nitrogen and oxygen atoms in total. The Morgan fingerprint density at radius 2 is 1.64 bits per heavy atom. The van der Waals surface area contributed by atoms with Crippen LogP contribution in [0.1, 0.15) is 74.2 Å². The lowest BCUT2D eigenvalue weighted by Crippen LogP contribution is -2.51. The first kappa shape index (κ1) is 38.2. The second-order valence-corrected chi connectivity index (χ2v) is 14.7. The number of methoxy groups -OCH3 is 2. The van der Waals surface area contributed by atoms with Gasteiger partial charge in [0, 0.05) is 35.8 Å². The fraction of sp³-hybridized carbons (Fsp3) is 0.421. The van der Waals surface area contributed by atoms with Gasteiger partial charge in [0.2, 0.25) is 11.8 Å². The summed E-state index contributed by atoms with van der Waals surface area (Å²) in [6, 6.07) is 14.8. The summed E-state index contributed by atoms with van der Waals surface area (Å²) in [5.74, 6) is -1.37. The standard InChI is InChI=1S/C38H42ClF3N6O5/c1-36(2,35(49)50)44-19-29-34(53-5)48-32(31(45-29)38(40,41)42)46-27-15-13-23-22(8-6-9-24(23)27)25-10-7-11-26(30(25)39)28-14-12-20(33(47-28)52-4)18-43-21-16-37(3,51)17-21/h6-12,14,21,27,43-44,51H,13,15-19H2,1-5H3,(H,46,48)(H,49,50)/t21-,27-,37-/m0/s1. The molecule has 0 bridgehead atoms. The van der Waals surface area contributed by atoms with Gasteiger partial charge in [-0.05, 0) is 69.2 Å². The maximum atomic E-state index is 14.4. The predicted octanol–water partition coefficient (Wildman–Crippen LogP) is 6.95. The normalized spacial score (nSPS) is 19.7. The summed E-state index contributed by atoms with van der Waals surface area (Å²) in [5, 5.41) is 29.1. The molecular formula is C38H42ClF3N6O5. The maximum Gasteiger partial charge on any atom is 0.437 e. The van der Waals surface area contributed by atoms with Crippen molar-refractivity contribution in [3.63, 3.8) is 0 Å². The van der Waals surface area contributed by atoms with E-state index in [2.05, 4.69) is 25.9 Å². The van der Waals surface area contributed by atoms with Crippen LogP contribution in [0.2, 0.25) is 5.02 Å². The number of aromatic nitrogens is 3. The van der Waals surface area contributed by atoms with Crippen LogP contribution in [0, 0.1) is 0 Å². The molecule has 0 radical (unpaired) electrons. The third-order valence-corrected chi connectivity index (χ3v) is 10.3. The minimum Gasteiger partial charge on any atom is -0.481 e. The van der Waals surface area contributed by atoms with Crippen LogP contribution >= 0.6 is 11.6 Å². The van der Waals surface area contributed by atoms with Crippen LogP contribution in [-0.2, 0) is 30.5 Å². The highest BCUT2D eigenvalue weighted by atomic mass is 35.5. The highest BCUT2D eigenvalue weighted by Crippen LogP contribution is 2.45. The van der Waals surface area contributed by atoms with E-state index in [0.717, 1.165) is 27.8 Å². The number of alkyl halides is 3. The summed E-state index contributed by atoms with van der Waals surface area (Å²) < 4.78 is 54.1. The minimum absolute atomic E-state index is 0.160. The number of halogens is 4. The van der Waals surface area contributed by atoms with Crippen molar-refractivity contribution in [1.29, 1.82) is 0 Å². The van der Waals surface area contributed by atoms with Gasteiger partial charge in [-0.25, -0.2) is 9.97 Å². The van der Waals surface area contributed by atoms with E-state index in [4.69, 9.17) is 26.1 Å². The van der Waals surface area contributed by atoms with Crippen LogP contribution in [0.25, 0.3) is 22.4 Å². The molecule has 15 heteroatoms. The molecule has 5 N–H and O–H groups in total. The van der Waals surface area contributed by atoms with Gasteiger partial charge < -0.3 is 30.3 Å². The number of nitrogens with one attached hydrogen (secondary N) is 3. The molecule has 282 valence electrons. The van der Waals surface area contributed by atoms with Crippen molar-refractivity contribution >= 4 is 23.4 Å². The molecule has 4 aromatic rings. The molecule has 2 aliphatic rings. The van der Waals surface area contributed by atoms with Gasteiger partial charge in [0.05, 0.1) is 36.6 Å². The first-order valence-electron chi connectivity index (χ1n) is 17.2. The number of pyridine rings is 1. The van der Waals surface area contributed by atoms with E-state index in [0.29, 0.717) is 54.4 Å². The van der Waals surface area contributed by atoms with E-state index in [-0.39, 0.29) is 24.2 Å². The number of nitrogens with zero attached hydrogens (tertiary/aromatic N) is 3. The van der Waals surface area contributed by atoms with Crippen LogP contribution in [0.15, 0.2) is 48.5 Å². The van der Waals surface area contributed by atoms with Gasteiger partial charge in [-0.1, -0.05) is 54.1 Å². The Balaban J connectivity index is 1.27. The van der Waals surface area contributed by atoms with Gasteiger partial charge in [0.1, 0.15) is 11.2 Å². The average Bonchev–Trinajstić information content (AvgIpc) is 3.51. The van der Waals surface area contributed by atoms with E-state index in [9.17, 15) is 28.2 Å². The topological polar surface area (TPSA) is 151 Å². The van der Waals surface area contributed by atoms with Gasteiger partial charge in [0.15, 0.2) is 11.5 Å². The first-order valence-corrected chi connectivity index (χ1v) is 17.6. The van der Waals surface area contributed by atoms with Crippen molar-refractivity contribution in [2.75, 3.05) is 19.5 Å². The molecular weight excluding hydrogens is 713 g/mol. The molecule has 1 atom stereocenters. The van der Waals surface area contributed by atoms with Crippen molar-refractivity contribution in [3.8, 4) is 34.1 Å². The van der Waals surface area contributed by atoms with Gasteiger partial charge in [-0.2, -0.15) is 18.2 Å². The smallest absolute Gasteiger partial charge is 0.437 e. The van der Waals surface area contributed by atoms with E-state index in [1.165, 1.54) is 21.0 Å². The molecule has 2 aliphatic carbocycles. The quantitative estimate of drug-likeness (QED) is 0.0965. The number of carboxylic acid groups (broad SMARTS) is 1. The number of hydrogen-bond donors (Lipinski definition) is 5. The zero-order valence-corrected chi connectivity index (χ0v) is 30.7. The van der Waals surface area contributed by atoms with Crippen LogP contribution in [-0.4, -0.2) is 62.5 Å². The van der Waals surface area contributed by atoms with Crippen LogP contribution in [0.5, 0.6) is 11.8 Å². The maximum absolute atomic E-state index is 14.4. The number of rotatable bonds is 13. The lowest BCUT2D eigenvalue weighted by molar-refractivity contribution is -0.144. The highest BCUT2D eigenvalue weighted by molar-refractivity contribution is 6.36. The third-order valence-electron chi connectivity index (χ3n) is 9.86. The van der Waals surface area contributed by atoms with E-state index < -0.39 is 40.8 Å². The van der Waals surface area contributed by atoms with Gasteiger partial charge in [-0.3, -0.25) is 10.1 Å². The zero-order valence-electron chi connectivity index (χ0n) is 30.0. The molecule has 0 saturated heterocycles. The molecule has 0 unspecified atom stereocenters. The Bertz CT molecular complexity index is 2020.